The van der Waals surface area contributed by atoms with Gasteiger partial charge in [-0.2, -0.15) is 0 Å². The monoisotopic (exact) mass is 417 g/mol. The molecule has 1 aliphatic carbocycles. The quantitative estimate of drug-likeness (QED) is 0.732. The van der Waals surface area contributed by atoms with Gasteiger partial charge in [0.05, 0.1) is 0 Å². The standard InChI is InChI=1S/C24H36FN3O2/c25-20-12-14-22(15-13-20)27-16-18-28(19-17-27)24(30)23(29)26-21-10-8-6-4-2-1-3-5-7-9-11-21/h12-15,21H,1-11,16-19H2,(H,26,29). The Morgan fingerprint density at radius 3 is 1.80 bits per heavy atom. The van der Waals surface area contributed by atoms with Crippen LogP contribution in [-0.2, 0) is 9.59 Å². The van der Waals surface area contributed by atoms with E-state index in [1.165, 1.54) is 57.1 Å². The van der Waals surface area contributed by atoms with Crippen LogP contribution in [-0.4, -0.2) is 48.9 Å². The molecule has 0 spiro atoms. The van der Waals surface area contributed by atoms with Gasteiger partial charge in [0.1, 0.15) is 5.82 Å². The van der Waals surface area contributed by atoms with Crippen molar-refractivity contribution in [3.63, 3.8) is 0 Å². The Balaban J connectivity index is 1.46. The Morgan fingerprint density at radius 1 is 0.767 bits per heavy atom. The first kappa shape index (κ1) is 22.6. The number of benzene rings is 1. The molecule has 30 heavy (non-hydrogen) atoms. The van der Waals surface area contributed by atoms with Gasteiger partial charge in [-0.05, 0) is 37.1 Å². The van der Waals surface area contributed by atoms with Gasteiger partial charge in [-0.1, -0.05) is 57.8 Å². The van der Waals surface area contributed by atoms with Crippen LogP contribution >= 0.6 is 0 Å². The number of carbonyl (C=O) groups excluding carboxylic acids is 2. The first-order valence-electron chi connectivity index (χ1n) is 11.7. The minimum absolute atomic E-state index is 0.112. The van der Waals surface area contributed by atoms with Crippen LogP contribution in [0.25, 0.3) is 0 Å². The summed E-state index contributed by atoms with van der Waals surface area (Å²) in [6, 6.07) is 6.51. The highest BCUT2D eigenvalue weighted by atomic mass is 19.1. The van der Waals surface area contributed by atoms with E-state index in [1.807, 2.05) is 0 Å². The fraction of sp³-hybridized carbons (Fsp3) is 0.667. The van der Waals surface area contributed by atoms with Crippen molar-refractivity contribution in [2.45, 2.75) is 76.7 Å². The van der Waals surface area contributed by atoms with Crippen LogP contribution in [0, 0.1) is 5.82 Å². The van der Waals surface area contributed by atoms with Crippen LogP contribution < -0.4 is 10.2 Å². The highest BCUT2D eigenvalue weighted by Crippen LogP contribution is 2.18. The largest absolute Gasteiger partial charge is 0.368 e. The number of piperazine rings is 1. The van der Waals surface area contributed by atoms with E-state index < -0.39 is 11.8 Å². The Morgan fingerprint density at radius 2 is 1.27 bits per heavy atom. The Labute approximate surface area is 180 Å². The number of anilines is 1. The summed E-state index contributed by atoms with van der Waals surface area (Å²) in [4.78, 5) is 29.1. The van der Waals surface area contributed by atoms with Crippen molar-refractivity contribution in [2.75, 3.05) is 31.1 Å². The predicted octanol–water partition coefficient (Wildman–Crippen LogP) is 4.26. The molecule has 166 valence electrons. The summed E-state index contributed by atoms with van der Waals surface area (Å²) in [6.07, 6.45) is 13.1. The van der Waals surface area contributed by atoms with Crippen LogP contribution in [0.4, 0.5) is 10.1 Å². The zero-order chi connectivity index (χ0) is 21.2. The first-order chi connectivity index (χ1) is 14.6. The maximum absolute atomic E-state index is 13.1. The summed E-state index contributed by atoms with van der Waals surface area (Å²) in [6.45, 7) is 2.31. The van der Waals surface area contributed by atoms with E-state index >= 15 is 0 Å². The molecule has 2 amide bonds. The molecule has 0 atom stereocenters. The molecule has 1 aromatic carbocycles. The summed E-state index contributed by atoms with van der Waals surface area (Å²) in [5.41, 5.74) is 0.946. The Kier molecular flexibility index (Phi) is 8.97. The van der Waals surface area contributed by atoms with Crippen LogP contribution in [0.5, 0.6) is 0 Å². The first-order valence-corrected chi connectivity index (χ1v) is 11.7. The number of carbonyl (C=O) groups is 2. The highest BCUT2D eigenvalue weighted by Gasteiger charge is 2.27. The second-order valence-corrected chi connectivity index (χ2v) is 8.69. The molecule has 1 aromatic rings. The fourth-order valence-corrected chi connectivity index (χ4v) is 4.52. The molecule has 0 radical (unpaired) electrons. The van der Waals surface area contributed by atoms with Gasteiger partial charge in [0.2, 0.25) is 0 Å². The minimum atomic E-state index is -0.456. The number of hydrogen-bond donors (Lipinski definition) is 1. The van der Waals surface area contributed by atoms with E-state index in [2.05, 4.69) is 10.2 Å². The SMILES string of the molecule is O=C(NC1CCCCCCCCCCC1)C(=O)N1CCN(c2ccc(F)cc2)CC1. The van der Waals surface area contributed by atoms with Gasteiger partial charge < -0.3 is 15.1 Å². The molecule has 1 saturated heterocycles. The average molecular weight is 418 g/mol. The molecule has 3 rings (SSSR count). The molecule has 1 aliphatic heterocycles. The third-order valence-electron chi connectivity index (χ3n) is 6.39. The molecule has 0 unspecified atom stereocenters. The van der Waals surface area contributed by atoms with Crippen LogP contribution in [0.1, 0.15) is 70.6 Å². The van der Waals surface area contributed by atoms with Gasteiger partial charge >= 0.3 is 11.8 Å². The van der Waals surface area contributed by atoms with Gasteiger partial charge in [-0.3, -0.25) is 9.59 Å². The van der Waals surface area contributed by atoms with Crippen molar-refractivity contribution in [2.24, 2.45) is 0 Å². The van der Waals surface area contributed by atoms with Gasteiger partial charge in [-0.25, -0.2) is 4.39 Å². The minimum Gasteiger partial charge on any atom is -0.368 e. The number of halogens is 1. The van der Waals surface area contributed by atoms with E-state index in [9.17, 15) is 14.0 Å². The lowest BCUT2D eigenvalue weighted by molar-refractivity contribution is -0.146. The Hall–Kier alpha value is -2.11. The topological polar surface area (TPSA) is 52.7 Å². The third-order valence-corrected chi connectivity index (χ3v) is 6.39. The van der Waals surface area contributed by atoms with Gasteiger partial charge in [-0.15, -0.1) is 0 Å². The Bertz CT molecular complexity index is 660. The number of hydrogen-bond acceptors (Lipinski definition) is 3. The van der Waals surface area contributed by atoms with E-state index in [0.717, 1.165) is 31.4 Å². The summed E-state index contributed by atoms with van der Waals surface area (Å²) in [7, 11) is 0. The number of amides is 2. The van der Waals surface area contributed by atoms with E-state index in [0.29, 0.717) is 26.2 Å². The lowest BCUT2D eigenvalue weighted by Gasteiger charge is -2.36. The van der Waals surface area contributed by atoms with E-state index in [-0.39, 0.29) is 11.9 Å². The highest BCUT2D eigenvalue weighted by molar-refractivity contribution is 6.35. The van der Waals surface area contributed by atoms with E-state index in [4.69, 9.17) is 0 Å². The molecular formula is C24H36FN3O2. The second-order valence-electron chi connectivity index (χ2n) is 8.69. The summed E-state index contributed by atoms with van der Waals surface area (Å²) in [5, 5.41) is 3.03. The van der Waals surface area contributed by atoms with Crippen molar-refractivity contribution in [3.05, 3.63) is 30.1 Å². The molecule has 2 fully saturated rings. The molecule has 0 bridgehead atoms. The van der Waals surface area contributed by atoms with Crippen molar-refractivity contribution in [1.82, 2.24) is 10.2 Å². The molecular weight excluding hydrogens is 381 g/mol. The molecule has 0 aromatic heterocycles. The zero-order valence-electron chi connectivity index (χ0n) is 18.1. The smallest absolute Gasteiger partial charge is 0.312 e. The summed E-state index contributed by atoms with van der Waals surface area (Å²) in [5.74, 6) is -1.13. The fourth-order valence-electron chi connectivity index (χ4n) is 4.52. The molecule has 1 heterocycles. The second kappa shape index (κ2) is 11.9. The molecule has 1 N–H and O–H groups in total. The number of nitrogens with zero attached hydrogens (tertiary/aromatic N) is 2. The molecule has 6 heteroatoms. The van der Waals surface area contributed by atoms with Crippen molar-refractivity contribution < 1.29 is 14.0 Å². The lowest BCUT2D eigenvalue weighted by atomic mass is 9.98. The van der Waals surface area contributed by atoms with Crippen LogP contribution in [0.2, 0.25) is 0 Å². The van der Waals surface area contributed by atoms with Crippen molar-refractivity contribution >= 4 is 17.5 Å². The van der Waals surface area contributed by atoms with Gasteiger partial charge in [0.25, 0.3) is 0 Å². The van der Waals surface area contributed by atoms with Crippen LogP contribution in [0.3, 0.4) is 0 Å². The van der Waals surface area contributed by atoms with Crippen molar-refractivity contribution in [1.29, 1.82) is 0 Å². The number of rotatable bonds is 2. The summed E-state index contributed by atoms with van der Waals surface area (Å²) >= 11 is 0. The molecule has 2 aliphatic rings. The third kappa shape index (κ3) is 6.99. The van der Waals surface area contributed by atoms with Gasteiger partial charge in [0.15, 0.2) is 0 Å². The maximum atomic E-state index is 13.1. The molecule has 1 saturated carbocycles. The molecule has 5 nitrogen and oxygen atoms in total. The van der Waals surface area contributed by atoms with E-state index in [1.54, 1.807) is 17.0 Å². The number of nitrogens with one attached hydrogen (secondary N) is 1. The predicted molar refractivity (Wildman–Crippen MR) is 118 cm³/mol. The van der Waals surface area contributed by atoms with Crippen molar-refractivity contribution in [3.8, 4) is 0 Å². The zero-order valence-corrected chi connectivity index (χ0v) is 18.1. The van der Waals surface area contributed by atoms with Crippen LogP contribution in [0.15, 0.2) is 24.3 Å². The summed E-state index contributed by atoms with van der Waals surface area (Å²) < 4.78 is 13.1. The maximum Gasteiger partial charge on any atom is 0.312 e. The normalized spacial score (nSPS) is 20.2. The van der Waals surface area contributed by atoms with Gasteiger partial charge in [0, 0.05) is 37.9 Å². The lowest BCUT2D eigenvalue weighted by Crippen LogP contribution is -2.53. The average Bonchev–Trinajstić information content (AvgIpc) is 2.76.